The summed E-state index contributed by atoms with van der Waals surface area (Å²) in [6, 6.07) is 16.2. The van der Waals surface area contributed by atoms with E-state index in [0.717, 1.165) is 35.6 Å². The molecule has 3 aromatic carbocycles. The molecule has 0 fully saturated rings. The molecule has 3 aromatic rings. The average Bonchev–Trinajstić information content (AvgIpc) is 2.82. The smallest absolute Gasteiger partial charge is 0.161 e. The van der Waals surface area contributed by atoms with Crippen molar-refractivity contribution < 1.29 is 23.3 Å². The van der Waals surface area contributed by atoms with E-state index < -0.39 is 5.82 Å². The first-order valence-electron chi connectivity index (χ1n) is 10.8. The van der Waals surface area contributed by atoms with Crippen molar-refractivity contribution in [3.8, 4) is 23.0 Å². The van der Waals surface area contributed by atoms with Crippen LogP contribution in [0.15, 0.2) is 54.6 Å². The molecule has 33 heavy (non-hydrogen) atoms. The zero-order chi connectivity index (χ0) is 23.6. The molecule has 0 heterocycles. The van der Waals surface area contributed by atoms with Crippen LogP contribution in [0.5, 0.6) is 23.0 Å². The Hall–Kier alpha value is -2.96. The molecule has 0 unspecified atom stereocenters. The number of hydrogen-bond acceptors (Lipinski definition) is 5. The quantitative estimate of drug-likeness (QED) is 0.336. The Morgan fingerprint density at radius 1 is 0.848 bits per heavy atom. The van der Waals surface area contributed by atoms with Gasteiger partial charge in [-0.15, -0.1) is 0 Å². The molecule has 1 N–H and O–H groups in total. The lowest BCUT2D eigenvalue weighted by atomic mass is 10.1. The van der Waals surface area contributed by atoms with E-state index in [1.54, 1.807) is 26.4 Å². The van der Waals surface area contributed by atoms with Gasteiger partial charge in [0.05, 0.1) is 25.8 Å². The number of halogens is 2. The van der Waals surface area contributed by atoms with Crippen LogP contribution in [0, 0.1) is 5.82 Å². The fourth-order valence-electron chi connectivity index (χ4n) is 3.37. The lowest BCUT2D eigenvalue weighted by molar-refractivity contribution is 0.265. The molecule has 0 aliphatic carbocycles. The van der Waals surface area contributed by atoms with Gasteiger partial charge in [0.25, 0.3) is 0 Å². The summed E-state index contributed by atoms with van der Waals surface area (Å²) >= 11 is 6.10. The molecule has 0 aliphatic rings. The van der Waals surface area contributed by atoms with E-state index in [4.69, 9.17) is 30.5 Å². The molecule has 7 heteroatoms. The summed E-state index contributed by atoms with van der Waals surface area (Å²) in [5.41, 5.74) is 2.54. The van der Waals surface area contributed by atoms with Crippen molar-refractivity contribution in [3.05, 3.63) is 82.1 Å². The van der Waals surface area contributed by atoms with Crippen molar-refractivity contribution in [3.63, 3.8) is 0 Å². The van der Waals surface area contributed by atoms with Crippen LogP contribution in [0.2, 0.25) is 5.02 Å². The minimum absolute atomic E-state index is 0.0223. The lowest BCUT2D eigenvalue weighted by Gasteiger charge is -2.15. The Balaban J connectivity index is 1.57. The van der Waals surface area contributed by atoms with Crippen molar-refractivity contribution in [1.82, 2.24) is 5.32 Å². The zero-order valence-corrected chi connectivity index (χ0v) is 19.9. The molecule has 0 atom stereocenters. The molecule has 0 aliphatic heterocycles. The Kier molecular flexibility index (Phi) is 9.22. The highest BCUT2D eigenvalue weighted by Crippen LogP contribution is 2.31. The molecule has 0 amide bonds. The molecule has 3 rings (SSSR count). The van der Waals surface area contributed by atoms with Crippen LogP contribution in [0.1, 0.15) is 23.6 Å². The molecule has 0 radical (unpaired) electrons. The molecule has 5 nitrogen and oxygen atoms in total. The highest BCUT2D eigenvalue weighted by Gasteiger charge is 2.11. The van der Waals surface area contributed by atoms with E-state index in [1.165, 1.54) is 6.07 Å². The van der Waals surface area contributed by atoms with Gasteiger partial charge < -0.3 is 24.3 Å². The topological polar surface area (TPSA) is 49.0 Å². The Labute approximate surface area is 199 Å². The SMILES string of the molecule is CCOc1cc(CNCCc2ccc(OC)c(OC)c2)ccc1OCc1c(F)cccc1Cl. The summed E-state index contributed by atoms with van der Waals surface area (Å²) in [4.78, 5) is 0. The predicted molar refractivity (Wildman–Crippen MR) is 128 cm³/mol. The molecule has 0 saturated carbocycles. The molecular weight excluding hydrogens is 445 g/mol. The third kappa shape index (κ3) is 6.76. The number of methoxy groups -OCH3 is 2. The van der Waals surface area contributed by atoms with E-state index in [-0.39, 0.29) is 6.61 Å². The number of hydrogen-bond donors (Lipinski definition) is 1. The predicted octanol–water partition coefficient (Wildman–Crippen LogP) is 5.81. The second kappa shape index (κ2) is 12.3. The molecule has 0 aromatic heterocycles. The third-order valence-electron chi connectivity index (χ3n) is 5.11. The van der Waals surface area contributed by atoms with Crippen LogP contribution in [-0.2, 0) is 19.6 Å². The number of benzene rings is 3. The summed E-state index contributed by atoms with van der Waals surface area (Å²) in [7, 11) is 3.26. The highest BCUT2D eigenvalue weighted by molar-refractivity contribution is 6.31. The van der Waals surface area contributed by atoms with Gasteiger partial charge in [-0.3, -0.25) is 0 Å². The van der Waals surface area contributed by atoms with Crippen molar-refractivity contribution >= 4 is 11.6 Å². The summed E-state index contributed by atoms with van der Waals surface area (Å²) in [6.07, 6.45) is 0.850. The monoisotopic (exact) mass is 473 g/mol. The average molecular weight is 474 g/mol. The van der Waals surface area contributed by atoms with Crippen molar-refractivity contribution in [2.75, 3.05) is 27.4 Å². The number of nitrogens with one attached hydrogen (secondary N) is 1. The van der Waals surface area contributed by atoms with E-state index in [0.29, 0.717) is 35.2 Å². The molecular formula is C26H29ClFNO4. The summed E-state index contributed by atoms with van der Waals surface area (Å²) < 4.78 is 36.2. The molecule has 176 valence electrons. The van der Waals surface area contributed by atoms with E-state index >= 15 is 0 Å². The van der Waals surface area contributed by atoms with Crippen LogP contribution in [0.25, 0.3) is 0 Å². The van der Waals surface area contributed by atoms with Gasteiger partial charge in [0.1, 0.15) is 12.4 Å². The van der Waals surface area contributed by atoms with Crippen LogP contribution >= 0.6 is 11.6 Å². The summed E-state index contributed by atoms with van der Waals surface area (Å²) in [6.45, 7) is 3.89. The Morgan fingerprint density at radius 2 is 1.58 bits per heavy atom. The third-order valence-corrected chi connectivity index (χ3v) is 5.46. The Bertz CT molecular complexity index is 1040. The normalized spacial score (nSPS) is 10.7. The van der Waals surface area contributed by atoms with Gasteiger partial charge in [0, 0.05) is 12.1 Å². The first kappa shape index (κ1) is 24.7. The fourth-order valence-corrected chi connectivity index (χ4v) is 3.59. The van der Waals surface area contributed by atoms with Crippen molar-refractivity contribution in [2.45, 2.75) is 26.5 Å². The van der Waals surface area contributed by atoms with Gasteiger partial charge >= 0.3 is 0 Å². The minimum atomic E-state index is -0.393. The molecule has 0 saturated heterocycles. The molecule has 0 bridgehead atoms. The van der Waals surface area contributed by atoms with Crippen LogP contribution in [-0.4, -0.2) is 27.4 Å². The van der Waals surface area contributed by atoms with E-state index in [9.17, 15) is 4.39 Å². The lowest BCUT2D eigenvalue weighted by Crippen LogP contribution is -2.16. The highest BCUT2D eigenvalue weighted by atomic mass is 35.5. The second-order valence-corrected chi connectivity index (χ2v) is 7.73. The first-order valence-corrected chi connectivity index (χ1v) is 11.2. The number of rotatable bonds is 12. The number of ether oxygens (including phenoxy) is 4. The van der Waals surface area contributed by atoms with Gasteiger partial charge in [0.2, 0.25) is 0 Å². The first-order chi connectivity index (χ1) is 16.0. The van der Waals surface area contributed by atoms with Gasteiger partial charge in [-0.05, 0) is 67.4 Å². The van der Waals surface area contributed by atoms with Crippen molar-refractivity contribution in [1.29, 1.82) is 0 Å². The molecule has 0 spiro atoms. The van der Waals surface area contributed by atoms with Gasteiger partial charge in [0.15, 0.2) is 23.0 Å². The summed E-state index contributed by atoms with van der Waals surface area (Å²) in [5, 5.41) is 3.78. The van der Waals surface area contributed by atoms with Gasteiger partial charge in [-0.1, -0.05) is 29.8 Å². The minimum Gasteiger partial charge on any atom is -0.493 e. The second-order valence-electron chi connectivity index (χ2n) is 7.32. The van der Waals surface area contributed by atoms with Gasteiger partial charge in [-0.25, -0.2) is 4.39 Å². The van der Waals surface area contributed by atoms with E-state index in [2.05, 4.69) is 5.32 Å². The van der Waals surface area contributed by atoms with E-state index in [1.807, 2.05) is 43.3 Å². The standard InChI is InChI=1S/C26H29ClFNO4/c1-4-32-26-15-19(9-11-24(26)33-17-20-21(27)6-5-7-22(20)28)16-29-13-12-18-8-10-23(30-2)25(14-18)31-3/h5-11,14-15,29H,4,12-13,16-17H2,1-3H3. The zero-order valence-electron chi connectivity index (χ0n) is 19.1. The van der Waals surface area contributed by atoms with Gasteiger partial charge in [-0.2, -0.15) is 0 Å². The maximum atomic E-state index is 14.0. The summed E-state index contributed by atoms with van der Waals surface area (Å²) in [5.74, 6) is 2.21. The fraction of sp³-hybridized carbons (Fsp3) is 0.308. The van der Waals surface area contributed by atoms with Crippen molar-refractivity contribution in [2.24, 2.45) is 0 Å². The van der Waals surface area contributed by atoms with Crippen LogP contribution < -0.4 is 24.3 Å². The largest absolute Gasteiger partial charge is 0.493 e. The van der Waals surface area contributed by atoms with Crippen LogP contribution in [0.3, 0.4) is 0 Å². The maximum Gasteiger partial charge on any atom is 0.161 e. The Morgan fingerprint density at radius 3 is 2.30 bits per heavy atom. The van der Waals surface area contributed by atoms with Crippen LogP contribution in [0.4, 0.5) is 4.39 Å². The maximum absolute atomic E-state index is 14.0.